The summed E-state index contributed by atoms with van der Waals surface area (Å²) in [6.45, 7) is 2.13. The third kappa shape index (κ3) is 3.01. The van der Waals surface area contributed by atoms with Crippen molar-refractivity contribution in [1.82, 2.24) is 0 Å². The number of rotatable bonds is 5. The molecule has 0 aliphatic heterocycles. The van der Waals surface area contributed by atoms with Gasteiger partial charge in [0.05, 0.1) is 19.3 Å². The first-order valence-corrected chi connectivity index (χ1v) is 8.69. The molecule has 2 aromatic rings. The molecule has 5 nitrogen and oxygen atoms in total. The molecular formula is C18H19NO4S. The minimum absolute atomic E-state index is 0.0329. The molecule has 0 saturated heterocycles. The first kappa shape index (κ1) is 16.5. The molecule has 1 heterocycles. The van der Waals surface area contributed by atoms with Crippen LogP contribution in [0.1, 0.15) is 39.7 Å². The highest BCUT2D eigenvalue weighted by Gasteiger charge is 2.27. The smallest absolute Gasteiger partial charge is 0.341 e. The number of hydrogen-bond donors (Lipinski definition) is 1. The van der Waals surface area contributed by atoms with Crippen LogP contribution in [0.4, 0.5) is 5.00 Å². The summed E-state index contributed by atoms with van der Waals surface area (Å²) < 4.78 is 10.3. The molecular weight excluding hydrogens is 326 g/mol. The summed E-state index contributed by atoms with van der Waals surface area (Å²) in [5, 5.41) is 10.8. The van der Waals surface area contributed by atoms with Crippen molar-refractivity contribution in [1.29, 1.82) is 0 Å². The van der Waals surface area contributed by atoms with Crippen LogP contribution in [0.3, 0.4) is 0 Å². The first-order chi connectivity index (χ1) is 11.7. The second-order valence-corrected chi connectivity index (χ2v) is 6.50. The number of aliphatic imine (C=N–C) groups is 1. The van der Waals surface area contributed by atoms with Crippen molar-refractivity contribution >= 4 is 28.5 Å². The highest BCUT2D eigenvalue weighted by molar-refractivity contribution is 7.16. The molecule has 1 aliphatic rings. The van der Waals surface area contributed by atoms with E-state index in [1.165, 1.54) is 23.3 Å². The fraction of sp³-hybridized carbons (Fsp3) is 0.333. The molecule has 0 spiro atoms. The molecule has 0 radical (unpaired) electrons. The van der Waals surface area contributed by atoms with Crippen molar-refractivity contribution in [2.45, 2.75) is 26.2 Å². The number of carbonyl (C=O) groups is 1. The monoisotopic (exact) mass is 345 g/mol. The average molecular weight is 345 g/mol. The van der Waals surface area contributed by atoms with Crippen LogP contribution < -0.4 is 4.74 Å². The van der Waals surface area contributed by atoms with Crippen LogP contribution in [0, 0.1) is 0 Å². The van der Waals surface area contributed by atoms with Crippen molar-refractivity contribution in [2.24, 2.45) is 4.99 Å². The second-order valence-electron chi connectivity index (χ2n) is 5.41. The highest BCUT2D eigenvalue weighted by Crippen LogP contribution is 2.41. The van der Waals surface area contributed by atoms with Crippen LogP contribution in [0.2, 0.25) is 0 Å². The molecule has 0 fully saturated rings. The summed E-state index contributed by atoms with van der Waals surface area (Å²) in [7, 11) is 1.50. The van der Waals surface area contributed by atoms with Gasteiger partial charge < -0.3 is 14.6 Å². The maximum atomic E-state index is 12.3. The van der Waals surface area contributed by atoms with Crippen LogP contribution in [0.25, 0.3) is 0 Å². The van der Waals surface area contributed by atoms with Gasteiger partial charge in [-0.2, -0.15) is 0 Å². The zero-order chi connectivity index (χ0) is 17.1. The average Bonchev–Trinajstić information content (AvgIpc) is 3.14. The van der Waals surface area contributed by atoms with Crippen LogP contribution in [0.5, 0.6) is 11.5 Å². The SMILES string of the molecule is CCOC(=O)c1c(/N=C/c2cccc(OC)c2O)sc2c1CCC2. The number of benzene rings is 1. The van der Waals surface area contributed by atoms with Gasteiger partial charge in [0.15, 0.2) is 11.5 Å². The number of carbonyl (C=O) groups excluding carboxylic acids is 1. The first-order valence-electron chi connectivity index (χ1n) is 7.87. The molecule has 0 atom stereocenters. The quantitative estimate of drug-likeness (QED) is 0.660. The number of hydrogen-bond acceptors (Lipinski definition) is 6. The number of ether oxygens (including phenoxy) is 2. The van der Waals surface area contributed by atoms with E-state index in [0.29, 0.717) is 28.5 Å². The van der Waals surface area contributed by atoms with Crippen molar-refractivity contribution < 1.29 is 19.4 Å². The number of nitrogens with zero attached hydrogens (tertiary/aromatic N) is 1. The van der Waals surface area contributed by atoms with E-state index in [1.54, 1.807) is 31.3 Å². The number of methoxy groups -OCH3 is 1. The van der Waals surface area contributed by atoms with Gasteiger partial charge in [0.1, 0.15) is 5.00 Å². The Morgan fingerprint density at radius 2 is 2.25 bits per heavy atom. The predicted octanol–water partition coefficient (Wildman–Crippen LogP) is 3.88. The van der Waals surface area contributed by atoms with Crippen LogP contribution in [-0.2, 0) is 17.6 Å². The fourth-order valence-corrected chi connectivity index (χ4v) is 4.05. The lowest BCUT2D eigenvalue weighted by molar-refractivity contribution is 0.0527. The molecule has 1 aromatic heterocycles. The van der Waals surface area contributed by atoms with E-state index in [2.05, 4.69) is 4.99 Å². The summed E-state index contributed by atoms with van der Waals surface area (Å²) in [4.78, 5) is 18.0. The van der Waals surface area contributed by atoms with E-state index in [-0.39, 0.29) is 11.7 Å². The molecule has 3 rings (SSSR count). The number of thiophene rings is 1. The van der Waals surface area contributed by atoms with Gasteiger partial charge in [0.25, 0.3) is 0 Å². The number of fused-ring (bicyclic) bond motifs is 1. The van der Waals surface area contributed by atoms with Crippen LogP contribution in [-0.4, -0.2) is 31.0 Å². The van der Waals surface area contributed by atoms with Crippen molar-refractivity contribution in [2.75, 3.05) is 13.7 Å². The molecule has 0 saturated carbocycles. The molecule has 0 bridgehead atoms. The Balaban J connectivity index is 1.97. The molecule has 24 heavy (non-hydrogen) atoms. The third-order valence-corrected chi connectivity index (χ3v) is 5.15. The maximum absolute atomic E-state index is 12.3. The van der Waals surface area contributed by atoms with Crippen molar-refractivity contribution in [3.63, 3.8) is 0 Å². The largest absolute Gasteiger partial charge is 0.504 e. The van der Waals surface area contributed by atoms with Crippen molar-refractivity contribution in [3.05, 3.63) is 39.8 Å². The molecule has 6 heteroatoms. The molecule has 0 unspecified atom stereocenters. The van der Waals surface area contributed by atoms with E-state index >= 15 is 0 Å². The number of esters is 1. The lowest BCUT2D eigenvalue weighted by Gasteiger charge is -2.05. The Morgan fingerprint density at radius 1 is 1.42 bits per heavy atom. The number of aromatic hydroxyl groups is 1. The molecule has 0 amide bonds. The number of phenols is 1. The van der Waals surface area contributed by atoms with Gasteiger partial charge in [-0.1, -0.05) is 6.07 Å². The van der Waals surface area contributed by atoms with Gasteiger partial charge >= 0.3 is 5.97 Å². The third-order valence-electron chi connectivity index (χ3n) is 3.95. The Bertz CT molecular complexity index is 795. The molecule has 1 aliphatic carbocycles. The van der Waals surface area contributed by atoms with Gasteiger partial charge in [-0.15, -0.1) is 11.3 Å². The summed E-state index contributed by atoms with van der Waals surface area (Å²) in [6, 6.07) is 5.20. The molecule has 1 aromatic carbocycles. The highest BCUT2D eigenvalue weighted by atomic mass is 32.1. The summed E-state index contributed by atoms with van der Waals surface area (Å²) in [5.41, 5.74) is 2.19. The summed E-state index contributed by atoms with van der Waals surface area (Å²) >= 11 is 1.53. The maximum Gasteiger partial charge on any atom is 0.341 e. The minimum atomic E-state index is -0.320. The van der Waals surface area contributed by atoms with Gasteiger partial charge in [-0.05, 0) is 43.9 Å². The zero-order valence-electron chi connectivity index (χ0n) is 13.7. The lowest BCUT2D eigenvalue weighted by Crippen LogP contribution is -2.06. The fourth-order valence-electron chi connectivity index (χ4n) is 2.83. The predicted molar refractivity (Wildman–Crippen MR) is 94.2 cm³/mol. The topological polar surface area (TPSA) is 68.1 Å². The number of phenolic OH excluding ortho intramolecular Hbond substituents is 1. The Hall–Kier alpha value is -2.34. The number of aryl methyl sites for hydroxylation is 1. The van der Waals surface area contributed by atoms with E-state index in [9.17, 15) is 9.90 Å². The van der Waals surface area contributed by atoms with Gasteiger partial charge in [0.2, 0.25) is 0 Å². The van der Waals surface area contributed by atoms with Gasteiger partial charge in [-0.3, -0.25) is 0 Å². The lowest BCUT2D eigenvalue weighted by atomic mass is 10.1. The van der Waals surface area contributed by atoms with Crippen molar-refractivity contribution in [3.8, 4) is 11.5 Å². The van der Waals surface area contributed by atoms with Gasteiger partial charge in [-0.25, -0.2) is 9.79 Å². The Morgan fingerprint density at radius 3 is 3.00 bits per heavy atom. The normalized spacial score (nSPS) is 13.2. The zero-order valence-corrected chi connectivity index (χ0v) is 14.5. The van der Waals surface area contributed by atoms with Crippen LogP contribution >= 0.6 is 11.3 Å². The minimum Gasteiger partial charge on any atom is -0.504 e. The van der Waals surface area contributed by atoms with E-state index in [1.807, 2.05) is 0 Å². The summed E-state index contributed by atoms with van der Waals surface area (Å²) in [5.74, 6) is 0.0997. The second kappa shape index (κ2) is 7.05. The summed E-state index contributed by atoms with van der Waals surface area (Å²) in [6.07, 6.45) is 4.49. The Labute approximate surface area is 144 Å². The Kier molecular flexibility index (Phi) is 4.85. The van der Waals surface area contributed by atoms with E-state index in [4.69, 9.17) is 9.47 Å². The van der Waals surface area contributed by atoms with Crippen LogP contribution in [0.15, 0.2) is 23.2 Å². The molecule has 1 N–H and O–H groups in total. The molecule has 126 valence electrons. The van der Waals surface area contributed by atoms with E-state index < -0.39 is 0 Å². The standard InChI is InChI=1S/C18H19NO4S/c1-3-23-18(21)15-12-7-5-9-14(12)24-17(15)19-10-11-6-4-8-13(22-2)16(11)20/h4,6,8,10,20H,3,5,7,9H2,1-2H3/b19-10+. The number of para-hydroxylation sites is 1. The van der Waals surface area contributed by atoms with Gasteiger partial charge in [0, 0.05) is 16.7 Å². The van der Waals surface area contributed by atoms with E-state index in [0.717, 1.165) is 24.8 Å².